The largest absolute Gasteiger partial charge is 0.494 e. The summed E-state index contributed by atoms with van der Waals surface area (Å²) in [6.45, 7) is 1.84. The van der Waals surface area contributed by atoms with Gasteiger partial charge in [-0.15, -0.1) is 0 Å². The lowest BCUT2D eigenvalue weighted by molar-refractivity contribution is -0.114. The number of carbonyl (C=O) groups excluding carboxylic acids is 1. The van der Waals surface area contributed by atoms with Crippen molar-refractivity contribution in [2.75, 3.05) is 37.0 Å². The van der Waals surface area contributed by atoms with Crippen LogP contribution in [0.1, 0.15) is 6.92 Å². The Balaban J connectivity index is 1.46. The van der Waals surface area contributed by atoms with E-state index >= 15 is 0 Å². The molecular formula is C30H28N2O7S. The summed E-state index contributed by atoms with van der Waals surface area (Å²) in [5, 5.41) is 4.69. The van der Waals surface area contributed by atoms with E-state index in [2.05, 4.69) is 5.32 Å². The molecule has 0 unspecified atom stereocenters. The van der Waals surface area contributed by atoms with Crippen molar-refractivity contribution in [2.24, 2.45) is 0 Å². The molecule has 1 amide bonds. The number of methoxy groups -OCH3 is 2. The van der Waals surface area contributed by atoms with Crippen molar-refractivity contribution in [3.05, 3.63) is 84.9 Å². The average Bonchev–Trinajstić information content (AvgIpc) is 3.34. The van der Waals surface area contributed by atoms with Gasteiger partial charge in [0.15, 0.2) is 11.5 Å². The minimum atomic E-state index is -4.20. The number of anilines is 2. The van der Waals surface area contributed by atoms with Crippen LogP contribution >= 0.6 is 0 Å². The van der Waals surface area contributed by atoms with E-state index < -0.39 is 22.5 Å². The molecule has 206 valence electrons. The molecule has 0 saturated heterocycles. The first-order valence-electron chi connectivity index (χ1n) is 12.5. The highest BCUT2D eigenvalue weighted by Crippen LogP contribution is 2.33. The molecule has 0 aliphatic rings. The second-order valence-corrected chi connectivity index (χ2v) is 10.7. The predicted molar refractivity (Wildman–Crippen MR) is 154 cm³/mol. The molecule has 0 fully saturated rings. The zero-order chi connectivity index (χ0) is 28.3. The summed E-state index contributed by atoms with van der Waals surface area (Å²) in [4.78, 5) is 13.2. The summed E-state index contributed by atoms with van der Waals surface area (Å²) in [6.07, 6.45) is 0. The number of fused-ring (bicyclic) bond motifs is 3. The first kappa shape index (κ1) is 26.9. The number of nitrogens with one attached hydrogen (secondary N) is 1. The maximum Gasteiger partial charge on any atom is 0.264 e. The Morgan fingerprint density at radius 3 is 2.30 bits per heavy atom. The van der Waals surface area contributed by atoms with Gasteiger partial charge >= 0.3 is 0 Å². The molecule has 0 radical (unpaired) electrons. The molecule has 5 aromatic rings. The number of rotatable bonds is 10. The van der Waals surface area contributed by atoms with E-state index in [4.69, 9.17) is 18.6 Å². The number of furan rings is 1. The predicted octanol–water partition coefficient (Wildman–Crippen LogP) is 5.84. The molecule has 40 heavy (non-hydrogen) atoms. The van der Waals surface area contributed by atoms with E-state index in [-0.39, 0.29) is 10.6 Å². The van der Waals surface area contributed by atoms with Crippen LogP contribution in [0.5, 0.6) is 17.2 Å². The van der Waals surface area contributed by atoms with Crippen LogP contribution in [0.2, 0.25) is 0 Å². The van der Waals surface area contributed by atoms with Crippen LogP contribution in [0.3, 0.4) is 0 Å². The summed E-state index contributed by atoms with van der Waals surface area (Å²) >= 11 is 0. The Labute approximate surface area is 231 Å². The van der Waals surface area contributed by atoms with Crippen molar-refractivity contribution in [3.8, 4) is 17.2 Å². The van der Waals surface area contributed by atoms with Crippen molar-refractivity contribution < 1.29 is 31.8 Å². The summed E-state index contributed by atoms with van der Waals surface area (Å²) in [5.74, 6) is 0.679. The van der Waals surface area contributed by atoms with Gasteiger partial charge in [0.25, 0.3) is 10.0 Å². The minimum absolute atomic E-state index is 0.0597. The van der Waals surface area contributed by atoms with Gasteiger partial charge in [-0.1, -0.05) is 18.2 Å². The second-order valence-electron chi connectivity index (χ2n) is 8.81. The lowest BCUT2D eigenvalue weighted by atomic mass is 10.1. The lowest BCUT2D eigenvalue weighted by Crippen LogP contribution is -2.38. The third-order valence-electron chi connectivity index (χ3n) is 6.33. The third kappa shape index (κ3) is 5.26. The normalized spacial score (nSPS) is 11.4. The van der Waals surface area contributed by atoms with Crippen molar-refractivity contribution in [3.63, 3.8) is 0 Å². The summed E-state index contributed by atoms with van der Waals surface area (Å²) < 4.78 is 50.8. The number of carbonyl (C=O) groups is 1. The number of hydrogen-bond donors (Lipinski definition) is 1. The van der Waals surface area contributed by atoms with E-state index in [1.165, 1.54) is 32.4 Å². The van der Waals surface area contributed by atoms with Crippen LogP contribution < -0.4 is 23.8 Å². The van der Waals surface area contributed by atoms with Gasteiger partial charge in [0, 0.05) is 28.6 Å². The van der Waals surface area contributed by atoms with Gasteiger partial charge in [0.2, 0.25) is 5.91 Å². The molecule has 1 N–H and O–H groups in total. The third-order valence-corrected chi connectivity index (χ3v) is 8.10. The quantitative estimate of drug-likeness (QED) is 0.229. The van der Waals surface area contributed by atoms with Gasteiger partial charge in [-0.25, -0.2) is 8.42 Å². The number of nitrogens with zero attached hydrogens (tertiary/aromatic N) is 1. The minimum Gasteiger partial charge on any atom is -0.494 e. The van der Waals surface area contributed by atoms with Crippen LogP contribution in [-0.2, 0) is 14.8 Å². The van der Waals surface area contributed by atoms with Crippen LogP contribution in [0.15, 0.2) is 94.2 Å². The van der Waals surface area contributed by atoms with Crippen molar-refractivity contribution in [1.82, 2.24) is 0 Å². The number of para-hydroxylation sites is 1. The topological polar surface area (TPSA) is 107 Å². The second kappa shape index (κ2) is 11.2. The zero-order valence-corrected chi connectivity index (χ0v) is 23.0. The molecular weight excluding hydrogens is 532 g/mol. The number of benzene rings is 4. The van der Waals surface area contributed by atoms with E-state index in [0.717, 1.165) is 20.7 Å². The molecule has 10 heteroatoms. The molecule has 0 bridgehead atoms. The molecule has 5 rings (SSSR count). The molecule has 9 nitrogen and oxygen atoms in total. The van der Waals surface area contributed by atoms with Gasteiger partial charge in [-0.2, -0.15) is 0 Å². The Bertz CT molecular complexity index is 1780. The molecule has 0 saturated carbocycles. The van der Waals surface area contributed by atoms with E-state index in [1.807, 2.05) is 37.3 Å². The molecule has 1 heterocycles. The maximum absolute atomic E-state index is 13.9. The molecule has 0 aliphatic carbocycles. The SMILES string of the molecule is CCOc1ccc(N(CC(=O)Nc2ccc3c(c2)oc2ccccc23)S(=O)(=O)c2ccc(OC)c(OC)c2)cc1. The summed E-state index contributed by atoms with van der Waals surface area (Å²) in [5.41, 5.74) is 2.12. The lowest BCUT2D eigenvalue weighted by Gasteiger charge is -2.24. The maximum atomic E-state index is 13.9. The highest BCUT2D eigenvalue weighted by atomic mass is 32.2. The van der Waals surface area contributed by atoms with Gasteiger partial charge in [0.05, 0.1) is 31.4 Å². The number of amides is 1. The van der Waals surface area contributed by atoms with E-state index in [1.54, 1.807) is 36.4 Å². The van der Waals surface area contributed by atoms with Crippen LogP contribution in [0.4, 0.5) is 11.4 Å². The molecule has 0 spiro atoms. The summed E-state index contributed by atoms with van der Waals surface area (Å²) in [7, 11) is -1.31. The highest BCUT2D eigenvalue weighted by molar-refractivity contribution is 7.92. The first-order valence-corrected chi connectivity index (χ1v) is 14.0. The standard InChI is InChI=1S/C30H28N2O7S/c1-4-38-22-12-10-21(11-13-22)32(40(34,35)23-14-16-27(36-2)29(18-23)37-3)19-30(33)31-20-9-15-25-24-7-5-6-8-26(24)39-28(25)17-20/h5-18H,4,19H2,1-3H3,(H,31,33). The van der Waals surface area contributed by atoms with Crippen LogP contribution in [0, 0.1) is 0 Å². The van der Waals surface area contributed by atoms with Gasteiger partial charge in [-0.05, 0) is 61.5 Å². The number of ether oxygens (including phenoxy) is 3. The van der Waals surface area contributed by atoms with Crippen molar-refractivity contribution in [1.29, 1.82) is 0 Å². The Morgan fingerprint density at radius 2 is 1.57 bits per heavy atom. The van der Waals surface area contributed by atoms with Gasteiger partial charge in [-0.3, -0.25) is 9.10 Å². The van der Waals surface area contributed by atoms with Gasteiger partial charge < -0.3 is 23.9 Å². The van der Waals surface area contributed by atoms with Gasteiger partial charge in [0.1, 0.15) is 23.5 Å². The van der Waals surface area contributed by atoms with E-state index in [9.17, 15) is 13.2 Å². The fourth-order valence-corrected chi connectivity index (χ4v) is 5.87. The average molecular weight is 561 g/mol. The fourth-order valence-electron chi connectivity index (χ4n) is 4.43. The van der Waals surface area contributed by atoms with Crippen molar-refractivity contribution in [2.45, 2.75) is 11.8 Å². The van der Waals surface area contributed by atoms with Crippen molar-refractivity contribution >= 4 is 49.2 Å². The number of sulfonamides is 1. The van der Waals surface area contributed by atoms with Crippen LogP contribution in [-0.4, -0.2) is 41.7 Å². The van der Waals surface area contributed by atoms with Crippen LogP contribution in [0.25, 0.3) is 21.9 Å². The first-order chi connectivity index (χ1) is 19.3. The van der Waals surface area contributed by atoms with E-state index in [0.29, 0.717) is 35.1 Å². The molecule has 0 aliphatic heterocycles. The summed E-state index contributed by atoms with van der Waals surface area (Å²) in [6, 6.07) is 23.8. The zero-order valence-electron chi connectivity index (χ0n) is 22.2. The fraction of sp³-hybridized carbons (Fsp3) is 0.167. The highest BCUT2D eigenvalue weighted by Gasteiger charge is 2.28. The monoisotopic (exact) mass is 560 g/mol. The Morgan fingerprint density at radius 1 is 0.850 bits per heavy atom. The Hall–Kier alpha value is -4.70. The number of hydrogen-bond acceptors (Lipinski definition) is 7. The molecule has 4 aromatic carbocycles. The molecule has 0 atom stereocenters. The molecule has 1 aromatic heterocycles. The Kier molecular flexibility index (Phi) is 7.52. The smallest absolute Gasteiger partial charge is 0.264 e.